The monoisotopic (exact) mass is 351 g/mol. The van der Waals surface area contributed by atoms with Gasteiger partial charge < -0.3 is 15.4 Å². The largest absolute Gasteiger partial charge is 0.370 e. The number of aliphatic imine (C=N–C) groups is 1. The van der Waals surface area contributed by atoms with Crippen LogP contribution < -0.4 is 5.73 Å². The lowest BCUT2D eigenvalue weighted by Gasteiger charge is -2.33. The molecule has 1 unspecified atom stereocenters. The summed E-state index contributed by atoms with van der Waals surface area (Å²) < 4.78 is 7.47. The van der Waals surface area contributed by atoms with Crippen molar-refractivity contribution in [2.45, 2.75) is 6.10 Å². The fraction of sp³-hybridized carbons (Fsp3) is 0.600. The second kappa shape index (κ2) is 6.20. The predicted molar refractivity (Wildman–Crippen MR) is 76.4 cm³/mol. The SMILES string of the molecule is CN=C(N)N1CCOC(c2cnn(C)c2)C1.I. The summed E-state index contributed by atoms with van der Waals surface area (Å²) in [5.74, 6) is 0.567. The third-order valence-corrected chi connectivity index (χ3v) is 2.72. The molecule has 2 N–H and O–H groups in total. The number of aryl methyl sites for hydroxylation is 1. The highest BCUT2D eigenvalue weighted by atomic mass is 127. The van der Waals surface area contributed by atoms with Crippen molar-refractivity contribution in [3.63, 3.8) is 0 Å². The van der Waals surface area contributed by atoms with Crippen LogP contribution in [0, 0.1) is 0 Å². The number of hydrogen-bond donors (Lipinski definition) is 1. The minimum absolute atomic E-state index is 0. The first-order chi connectivity index (χ1) is 7.70. The van der Waals surface area contributed by atoms with Gasteiger partial charge in [-0.1, -0.05) is 0 Å². The molecule has 0 aliphatic carbocycles. The fourth-order valence-electron chi connectivity index (χ4n) is 1.81. The van der Waals surface area contributed by atoms with Gasteiger partial charge in [0.25, 0.3) is 0 Å². The molecule has 1 aromatic rings. The topological polar surface area (TPSA) is 68.7 Å². The zero-order chi connectivity index (χ0) is 11.5. The quantitative estimate of drug-likeness (QED) is 0.451. The van der Waals surface area contributed by atoms with Crippen molar-refractivity contribution in [3.8, 4) is 0 Å². The van der Waals surface area contributed by atoms with Gasteiger partial charge in [-0.25, -0.2) is 0 Å². The van der Waals surface area contributed by atoms with Crippen LogP contribution in [-0.2, 0) is 11.8 Å². The van der Waals surface area contributed by atoms with Gasteiger partial charge in [-0.05, 0) is 0 Å². The number of hydrogen-bond acceptors (Lipinski definition) is 3. The second-order valence-electron chi connectivity index (χ2n) is 3.83. The average Bonchev–Trinajstić information content (AvgIpc) is 2.75. The Morgan fingerprint density at radius 2 is 2.41 bits per heavy atom. The van der Waals surface area contributed by atoms with E-state index < -0.39 is 0 Å². The summed E-state index contributed by atoms with van der Waals surface area (Å²) in [4.78, 5) is 6.02. The lowest BCUT2D eigenvalue weighted by Crippen LogP contribution is -2.45. The van der Waals surface area contributed by atoms with Crippen molar-refractivity contribution in [1.29, 1.82) is 0 Å². The smallest absolute Gasteiger partial charge is 0.191 e. The van der Waals surface area contributed by atoms with Crippen molar-refractivity contribution in [2.75, 3.05) is 26.7 Å². The summed E-state index contributed by atoms with van der Waals surface area (Å²) in [6, 6.07) is 0. The van der Waals surface area contributed by atoms with Crippen LogP contribution in [0.2, 0.25) is 0 Å². The summed E-state index contributed by atoms with van der Waals surface area (Å²) in [6.07, 6.45) is 3.82. The Kier molecular flexibility index (Phi) is 5.19. The molecule has 2 rings (SSSR count). The van der Waals surface area contributed by atoms with Crippen molar-refractivity contribution >= 4 is 29.9 Å². The third kappa shape index (κ3) is 3.32. The van der Waals surface area contributed by atoms with Crippen molar-refractivity contribution in [2.24, 2.45) is 17.8 Å². The lowest BCUT2D eigenvalue weighted by molar-refractivity contribution is -0.00733. The number of aromatic nitrogens is 2. The van der Waals surface area contributed by atoms with E-state index in [1.807, 2.05) is 24.3 Å². The van der Waals surface area contributed by atoms with Gasteiger partial charge in [-0.15, -0.1) is 24.0 Å². The van der Waals surface area contributed by atoms with E-state index >= 15 is 0 Å². The minimum Gasteiger partial charge on any atom is -0.370 e. The molecule has 7 heteroatoms. The van der Waals surface area contributed by atoms with Gasteiger partial charge in [0.1, 0.15) is 6.10 Å². The van der Waals surface area contributed by atoms with Crippen LogP contribution >= 0.6 is 24.0 Å². The number of ether oxygens (including phenoxy) is 1. The van der Waals surface area contributed by atoms with E-state index in [1.165, 1.54) is 0 Å². The number of halogens is 1. The molecule has 2 heterocycles. The van der Waals surface area contributed by atoms with Crippen LogP contribution in [0.3, 0.4) is 0 Å². The molecule has 6 nitrogen and oxygen atoms in total. The Morgan fingerprint density at radius 1 is 1.65 bits per heavy atom. The molecular weight excluding hydrogens is 333 g/mol. The number of guanidine groups is 1. The molecule has 0 saturated carbocycles. The first-order valence-corrected chi connectivity index (χ1v) is 5.28. The molecule has 1 aromatic heterocycles. The van der Waals surface area contributed by atoms with E-state index in [4.69, 9.17) is 10.5 Å². The van der Waals surface area contributed by atoms with Crippen molar-refractivity contribution in [1.82, 2.24) is 14.7 Å². The predicted octanol–water partition coefficient (Wildman–Crippen LogP) is 0.356. The van der Waals surface area contributed by atoms with Crippen LogP contribution in [0.4, 0.5) is 0 Å². The van der Waals surface area contributed by atoms with E-state index in [9.17, 15) is 0 Å². The number of nitrogens with two attached hydrogens (primary N) is 1. The molecule has 1 atom stereocenters. The highest BCUT2D eigenvalue weighted by Crippen LogP contribution is 2.21. The molecule has 96 valence electrons. The number of nitrogens with zero attached hydrogens (tertiary/aromatic N) is 4. The van der Waals surface area contributed by atoms with E-state index in [0.29, 0.717) is 12.6 Å². The van der Waals surface area contributed by atoms with Crippen LogP contribution in [-0.4, -0.2) is 47.4 Å². The normalized spacial score (nSPS) is 21.2. The molecule has 1 fully saturated rings. The summed E-state index contributed by atoms with van der Waals surface area (Å²) in [7, 11) is 3.59. The van der Waals surface area contributed by atoms with Gasteiger partial charge in [0.15, 0.2) is 5.96 Å². The molecule has 0 radical (unpaired) electrons. The van der Waals surface area contributed by atoms with Gasteiger partial charge in [-0.2, -0.15) is 5.10 Å². The molecule has 1 saturated heterocycles. The van der Waals surface area contributed by atoms with E-state index in [-0.39, 0.29) is 30.1 Å². The Balaban J connectivity index is 0.00000144. The van der Waals surface area contributed by atoms with Crippen LogP contribution in [0.15, 0.2) is 17.4 Å². The van der Waals surface area contributed by atoms with Gasteiger partial charge >= 0.3 is 0 Å². The Labute approximate surface area is 118 Å². The Morgan fingerprint density at radius 3 is 3.00 bits per heavy atom. The summed E-state index contributed by atoms with van der Waals surface area (Å²) in [5.41, 5.74) is 6.87. The molecule has 0 spiro atoms. The zero-order valence-corrected chi connectivity index (χ0v) is 12.4. The third-order valence-electron chi connectivity index (χ3n) is 2.72. The summed E-state index contributed by atoms with van der Waals surface area (Å²) in [6.45, 7) is 2.19. The molecule has 1 aliphatic rings. The van der Waals surface area contributed by atoms with Crippen molar-refractivity contribution < 1.29 is 4.74 Å². The standard InChI is InChI=1S/C10H17N5O.HI/c1-12-10(11)15-3-4-16-9(7-15)8-5-13-14(2)6-8;/h5-6,9H,3-4,7H2,1-2H3,(H2,11,12);1H. The first kappa shape index (κ1) is 14.2. The average molecular weight is 351 g/mol. The first-order valence-electron chi connectivity index (χ1n) is 5.28. The van der Waals surface area contributed by atoms with E-state index in [0.717, 1.165) is 18.7 Å². The van der Waals surface area contributed by atoms with E-state index in [1.54, 1.807) is 11.7 Å². The maximum atomic E-state index is 5.79. The van der Waals surface area contributed by atoms with Gasteiger partial charge in [0.2, 0.25) is 0 Å². The minimum atomic E-state index is 0. The van der Waals surface area contributed by atoms with Gasteiger partial charge in [-0.3, -0.25) is 9.67 Å². The van der Waals surface area contributed by atoms with Crippen LogP contribution in [0.5, 0.6) is 0 Å². The maximum absolute atomic E-state index is 5.79. The van der Waals surface area contributed by atoms with E-state index in [2.05, 4.69) is 10.1 Å². The number of rotatable bonds is 1. The summed E-state index contributed by atoms with van der Waals surface area (Å²) >= 11 is 0. The second-order valence-corrected chi connectivity index (χ2v) is 3.83. The highest BCUT2D eigenvalue weighted by Gasteiger charge is 2.23. The molecule has 17 heavy (non-hydrogen) atoms. The van der Waals surface area contributed by atoms with Crippen molar-refractivity contribution in [3.05, 3.63) is 18.0 Å². The molecule has 1 aliphatic heterocycles. The fourth-order valence-corrected chi connectivity index (χ4v) is 1.81. The van der Waals surface area contributed by atoms with Crippen LogP contribution in [0.25, 0.3) is 0 Å². The zero-order valence-electron chi connectivity index (χ0n) is 10.0. The van der Waals surface area contributed by atoms with Crippen LogP contribution in [0.1, 0.15) is 11.7 Å². The number of morpholine rings is 1. The Bertz CT molecular complexity index is 392. The Hall–Kier alpha value is -0.830. The lowest BCUT2D eigenvalue weighted by atomic mass is 10.1. The van der Waals surface area contributed by atoms with Gasteiger partial charge in [0, 0.05) is 32.4 Å². The highest BCUT2D eigenvalue weighted by molar-refractivity contribution is 14.0. The maximum Gasteiger partial charge on any atom is 0.191 e. The molecule has 0 bridgehead atoms. The van der Waals surface area contributed by atoms with Gasteiger partial charge in [0.05, 0.1) is 19.3 Å². The molecule has 0 aromatic carbocycles. The summed E-state index contributed by atoms with van der Waals surface area (Å²) in [5, 5.41) is 4.14. The molecule has 0 amide bonds. The molecular formula is C10H18IN5O.